The second kappa shape index (κ2) is 6.16. The van der Waals surface area contributed by atoms with Crippen LogP contribution in [0.4, 0.5) is 5.69 Å². The topological polar surface area (TPSA) is 24.1 Å². The lowest BCUT2D eigenvalue weighted by Gasteiger charge is -2.21. The molecule has 0 aromatic heterocycles. The van der Waals surface area contributed by atoms with Gasteiger partial charge in [0.1, 0.15) is 0 Å². The average molecular weight is 236 g/mol. The first kappa shape index (κ1) is 11.8. The molecule has 0 fully saturated rings. The molecule has 2 nitrogen and oxygen atoms in total. The van der Waals surface area contributed by atoms with E-state index in [1.165, 1.54) is 35.4 Å². The fourth-order valence-corrected chi connectivity index (χ4v) is 2.47. The van der Waals surface area contributed by atoms with Crippen molar-refractivity contribution in [2.24, 2.45) is 0 Å². The summed E-state index contributed by atoms with van der Waals surface area (Å²) in [5.41, 5.74) is 4.28. The van der Waals surface area contributed by atoms with Crippen LogP contribution in [0.5, 0.6) is 0 Å². The van der Waals surface area contributed by atoms with Crippen molar-refractivity contribution < 1.29 is 0 Å². The summed E-state index contributed by atoms with van der Waals surface area (Å²) < 4.78 is 0. The van der Waals surface area contributed by atoms with Crippen LogP contribution in [0.1, 0.15) is 17.5 Å². The minimum absolute atomic E-state index is 0.983. The summed E-state index contributed by atoms with van der Waals surface area (Å²) in [6.45, 7) is 3.19. The summed E-state index contributed by atoms with van der Waals surface area (Å²) in [6, 6.07) is 6.65. The Kier molecular flexibility index (Phi) is 4.55. The molecule has 88 valence electrons. The molecule has 0 amide bonds. The minimum Gasteiger partial charge on any atom is -0.385 e. The Hall–Kier alpha value is -0.670. The van der Waals surface area contributed by atoms with E-state index in [-0.39, 0.29) is 0 Å². The molecule has 0 radical (unpaired) electrons. The minimum atomic E-state index is 0.983. The molecule has 0 bridgehead atoms. The van der Waals surface area contributed by atoms with Gasteiger partial charge in [-0.2, -0.15) is 11.8 Å². The molecule has 1 aromatic carbocycles. The maximum absolute atomic E-state index is 3.53. The van der Waals surface area contributed by atoms with Crippen LogP contribution in [-0.2, 0) is 13.0 Å². The lowest BCUT2D eigenvalue weighted by Crippen LogP contribution is -2.20. The molecular formula is C13H20N2S. The first-order valence-corrected chi connectivity index (χ1v) is 7.35. The SMILES string of the molecule is CSCCNCc1cccc2c1NCCC2. The van der Waals surface area contributed by atoms with Crippen LogP contribution in [0.2, 0.25) is 0 Å². The lowest BCUT2D eigenvalue weighted by molar-refractivity contribution is 0.727. The van der Waals surface area contributed by atoms with E-state index in [1.807, 2.05) is 11.8 Å². The molecule has 3 heteroatoms. The van der Waals surface area contributed by atoms with Crippen molar-refractivity contribution in [3.05, 3.63) is 29.3 Å². The van der Waals surface area contributed by atoms with E-state index in [4.69, 9.17) is 0 Å². The van der Waals surface area contributed by atoms with Gasteiger partial charge in [-0.15, -0.1) is 0 Å². The Labute approximate surface area is 102 Å². The van der Waals surface area contributed by atoms with Crippen LogP contribution in [0, 0.1) is 0 Å². The summed E-state index contributed by atoms with van der Waals surface area (Å²) in [6.07, 6.45) is 4.63. The van der Waals surface area contributed by atoms with E-state index < -0.39 is 0 Å². The van der Waals surface area contributed by atoms with Gasteiger partial charge in [0.25, 0.3) is 0 Å². The Morgan fingerprint density at radius 3 is 3.25 bits per heavy atom. The predicted molar refractivity (Wildman–Crippen MR) is 73.3 cm³/mol. The highest BCUT2D eigenvalue weighted by Crippen LogP contribution is 2.25. The van der Waals surface area contributed by atoms with E-state index in [1.54, 1.807) is 0 Å². The second-order valence-corrected chi connectivity index (χ2v) is 5.14. The molecule has 1 aliphatic heterocycles. The van der Waals surface area contributed by atoms with Crippen molar-refractivity contribution in [1.29, 1.82) is 0 Å². The number of hydrogen-bond acceptors (Lipinski definition) is 3. The van der Waals surface area contributed by atoms with Crippen LogP contribution >= 0.6 is 11.8 Å². The molecule has 0 saturated carbocycles. The monoisotopic (exact) mass is 236 g/mol. The van der Waals surface area contributed by atoms with Crippen LogP contribution in [-0.4, -0.2) is 25.1 Å². The predicted octanol–water partition coefficient (Wildman–Crippen LogP) is 2.50. The molecule has 0 unspecified atom stereocenters. The molecule has 16 heavy (non-hydrogen) atoms. The third kappa shape index (κ3) is 2.92. The van der Waals surface area contributed by atoms with E-state index in [9.17, 15) is 0 Å². The van der Waals surface area contributed by atoms with Crippen LogP contribution in [0.3, 0.4) is 0 Å². The summed E-state index contributed by atoms with van der Waals surface area (Å²) in [4.78, 5) is 0. The molecule has 0 aliphatic carbocycles. The first-order valence-electron chi connectivity index (χ1n) is 5.96. The van der Waals surface area contributed by atoms with E-state index in [0.29, 0.717) is 0 Å². The standard InChI is InChI=1S/C13H20N2S/c1-16-9-8-14-10-12-5-2-4-11-6-3-7-15-13(11)12/h2,4-5,14-15H,3,6-10H2,1H3. The number of anilines is 1. The highest BCUT2D eigenvalue weighted by Gasteiger charge is 2.11. The number of para-hydroxylation sites is 1. The molecular weight excluding hydrogens is 216 g/mol. The molecule has 0 saturated heterocycles. The number of rotatable bonds is 5. The van der Waals surface area contributed by atoms with E-state index in [2.05, 4.69) is 35.1 Å². The molecule has 1 aromatic rings. The Morgan fingerprint density at radius 2 is 2.38 bits per heavy atom. The first-order chi connectivity index (χ1) is 7.92. The van der Waals surface area contributed by atoms with Gasteiger partial charge in [0.15, 0.2) is 0 Å². The average Bonchev–Trinajstić information content (AvgIpc) is 2.35. The Bertz CT molecular complexity index is 339. The number of nitrogens with one attached hydrogen (secondary N) is 2. The van der Waals surface area contributed by atoms with E-state index >= 15 is 0 Å². The van der Waals surface area contributed by atoms with E-state index in [0.717, 1.165) is 19.6 Å². The molecule has 2 N–H and O–H groups in total. The van der Waals surface area contributed by atoms with Gasteiger partial charge in [-0.3, -0.25) is 0 Å². The van der Waals surface area contributed by atoms with Crippen molar-refractivity contribution in [3.8, 4) is 0 Å². The third-order valence-electron chi connectivity index (χ3n) is 2.96. The highest BCUT2D eigenvalue weighted by atomic mass is 32.2. The number of aryl methyl sites for hydroxylation is 1. The van der Waals surface area contributed by atoms with Gasteiger partial charge in [-0.1, -0.05) is 18.2 Å². The maximum Gasteiger partial charge on any atom is 0.0418 e. The number of thioether (sulfide) groups is 1. The fraction of sp³-hybridized carbons (Fsp3) is 0.538. The fourth-order valence-electron chi connectivity index (χ4n) is 2.13. The summed E-state index contributed by atoms with van der Waals surface area (Å²) in [5.74, 6) is 1.18. The lowest BCUT2D eigenvalue weighted by atomic mass is 9.99. The number of benzene rings is 1. The van der Waals surface area contributed by atoms with Crippen molar-refractivity contribution in [2.45, 2.75) is 19.4 Å². The zero-order valence-corrected chi connectivity index (χ0v) is 10.7. The second-order valence-electron chi connectivity index (χ2n) is 4.15. The summed E-state index contributed by atoms with van der Waals surface area (Å²) in [5, 5.41) is 7.02. The molecule has 1 aliphatic rings. The van der Waals surface area contributed by atoms with Crippen LogP contribution in [0.25, 0.3) is 0 Å². The zero-order valence-electron chi connectivity index (χ0n) is 9.88. The van der Waals surface area contributed by atoms with Crippen molar-refractivity contribution in [3.63, 3.8) is 0 Å². The highest BCUT2D eigenvalue weighted by molar-refractivity contribution is 7.98. The van der Waals surface area contributed by atoms with Gasteiger partial charge >= 0.3 is 0 Å². The smallest absolute Gasteiger partial charge is 0.0418 e. The largest absolute Gasteiger partial charge is 0.385 e. The number of hydrogen-bond donors (Lipinski definition) is 2. The van der Waals surface area contributed by atoms with Gasteiger partial charge in [0.2, 0.25) is 0 Å². The molecule has 0 atom stereocenters. The van der Waals surface area contributed by atoms with Gasteiger partial charge in [0, 0.05) is 31.1 Å². The van der Waals surface area contributed by atoms with Crippen molar-refractivity contribution >= 4 is 17.4 Å². The van der Waals surface area contributed by atoms with Crippen molar-refractivity contribution in [1.82, 2.24) is 5.32 Å². The Balaban J connectivity index is 1.97. The normalized spacial score (nSPS) is 14.3. The summed E-state index contributed by atoms with van der Waals surface area (Å²) >= 11 is 1.89. The summed E-state index contributed by atoms with van der Waals surface area (Å²) in [7, 11) is 0. The van der Waals surface area contributed by atoms with Crippen molar-refractivity contribution in [2.75, 3.05) is 30.4 Å². The maximum atomic E-state index is 3.53. The molecule has 1 heterocycles. The van der Waals surface area contributed by atoms with Gasteiger partial charge in [-0.05, 0) is 30.2 Å². The molecule has 2 rings (SSSR count). The van der Waals surface area contributed by atoms with Crippen LogP contribution in [0.15, 0.2) is 18.2 Å². The van der Waals surface area contributed by atoms with Gasteiger partial charge < -0.3 is 10.6 Å². The van der Waals surface area contributed by atoms with Gasteiger partial charge in [-0.25, -0.2) is 0 Å². The van der Waals surface area contributed by atoms with Gasteiger partial charge in [0.05, 0.1) is 0 Å². The third-order valence-corrected chi connectivity index (χ3v) is 3.57. The number of fused-ring (bicyclic) bond motifs is 1. The quantitative estimate of drug-likeness (QED) is 0.768. The molecule has 0 spiro atoms. The van der Waals surface area contributed by atoms with Crippen LogP contribution < -0.4 is 10.6 Å². The Morgan fingerprint density at radius 1 is 1.44 bits per heavy atom. The zero-order chi connectivity index (χ0) is 11.2.